The molecule has 1 saturated carbocycles. The number of hydrogen-bond donors (Lipinski definition) is 1. The van der Waals surface area contributed by atoms with Crippen molar-refractivity contribution in [3.8, 4) is 0 Å². The number of carbonyl (C=O) groups excluding carboxylic acids is 1. The molecule has 0 radical (unpaired) electrons. The van der Waals surface area contributed by atoms with Gasteiger partial charge in [-0.05, 0) is 37.8 Å². The Bertz CT molecular complexity index is 476. The summed E-state index contributed by atoms with van der Waals surface area (Å²) in [6.07, 6.45) is 1.90. The van der Waals surface area contributed by atoms with Crippen LogP contribution in [0.25, 0.3) is 0 Å². The summed E-state index contributed by atoms with van der Waals surface area (Å²) in [7, 11) is 0. The van der Waals surface area contributed by atoms with Gasteiger partial charge >= 0.3 is 5.97 Å². The lowest BCUT2D eigenvalue weighted by Crippen LogP contribution is -2.32. The number of aliphatic carboxylic acids is 1. The molecule has 0 amide bonds. The first kappa shape index (κ1) is 13.3. The summed E-state index contributed by atoms with van der Waals surface area (Å²) in [5.74, 6) is -0.816. The second-order valence-corrected chi connectivity index (χ2v) is 6.02. The Kier molecular flexibility index (Phi) is 3.57. The van der Waals surface area contributed by atoms with Crippen LogP contribution in [-0.4, -0.2) is 16.9 Å². The average Bonchev–Trinajstić information content (AvgIpc) is 3.13. The molecule has 3 nitrogen and oxygen atoms in total. The van der Waals surface area contributed by atoms with Crippen LogP contribution in [0.2, 0.25) is 0 Å². The molecular formula is C14H15BrO3. The van der Waals surface area contributed by atoms with Gasteiger partial charge in [0.15, 0.2) is 5.78 Å². The SMILES string of the molecule is CC(CC(=O)c1ccc(Br)cc1)(C(=O)O)C1CC1. The van der Waals surface area contributed by atoms with Crippen LogP contribution in [0, 0.1) is 11.3 Å². The summed E-state index contributed by atoms with van der Waals surface area (Å²) in [6, 6.07) is 7.04. The highest BCUT2D eigenvalue weighted by atomic mass is 79.9. The third-order valence-electron chi connectivity index (χ3n) is 3.66. The fraction of sp³-hybridized carbons (Fsp3) is 0.429. The molecule has 1 aliphatic carbocycles. The van der Waals surface area contributed by atoms with E-state index in [1.165, 1.54) is 0 Å². The lowest BCUT2D eigenvalue weighted by molar-refractivity contribution is -0.149. The van der Waals surface area contributed by atoms with E-state index in [4.69, 9.17) is 0 Å². The van der Waals surface area contributed by atoms with Gasteiger partial charge in [0, 0.05) is 16.5 Å². The van der Waals surface area contributed by atoms with Gasteiger partial charge in [-0.15, -0.1) is 0 Å². The minimum atomic E-state index is -0.913. The van der Waals surface area contributed by atoms with Crippen molar-refractivity contribution < 1.29 is 14.7 Å². The standard InChI is InChI=1S/C14H15BrO3/c1-14(13(17)18,10-4-5-10)8-12(16)9-2-6-11(15)7-3-9/h2-3,6-7,10H,4-5,8H2,1H3,(H,17,18). The fourth-order valence-corrected chi connectivity index (χ4v) is 2.45. The van der Waals surface area contributed by atoms with E-state index in [1.807, 2.05) is 0 Å². The van der Waals surface area contributed by atoms with Gasteiger partial charge in [-0.3, -0.25) is 9.59 Å². The van der Waals surface area contributed by atoms with Crippen molar-refractivity contribution >= 4 is 27.7 Å². The van der Waals surface area contributed by atoms with Gasteiger partial charge in [0.25, 0.3) is 0 Å². The van der Waals surface area contributed by atoms with E-state index in [1.54, 1.807) is 31.2 Å². The van der Waals surface area contributed by atoms with Crippen LogP contribution in [0.4, 0.5) is 0 Å². The molecule has 0 aliphatic heterocycles. The molecule has 18 heavy (non-hydrogen) atoms. The molecule has 96 valence electrons. The Balaban J connectivity index is 2.15. The minimum absolute atomic E-state index is 0.0780. The second-order valence-electron chi connectivity index (χ2n) is 5.10. The number of carbonyl (C=O) groups is 2. The molecule has 1 unspecified atom stereocenters. The molecule has 1 N–H and O–H groups in total. The van der Waals surface area contributed by atoms with Crippen molar-refractivity contribution in [3.63, 3.8) is 0 Å². The van der Waals surface area contributed by atoms with Crippen molar-refractivity contribution in [2.24, 2.45) is 11.3 Å². The van der Waals surface area contributed by atoms with Crippen molar-refractivity contribution in [1.29, 1.82) is 0 Å². The summed E-state index contributed by atoms with van der Waals surface area (Å²) in [5.41, 5.74) is -0.337. The lowest BCUT2D eigenvalue weighted by atomic mass is 9.79. The first-order valence-corrected chi connectivity index (χ1v) is 6.75. The van der Waals surface area contributed by atoms with E-state index in [9.17, 15) is 14.7 Å². The van der Waals surface area contributed by atoms with Gasteiger partial charge in [0.2, 0.25) is 0 Å². The molecule has 1 fully saturated rings. The zero-order valence-corrected chi connectivity index (χ0v) is 11.7. The fourth-order valence-electron chi connectivity index (χ4n) is 2.19. The number of carboxylic acid groups (broad SMARTS) is 1. The number of ketones is 1. The maximum atomic E-state index is 12.1. The van der Waals surface area contributed by atoms with Crippen LogP contribution in [0.1, 0.15) is 36.5 Å². The largest absolute Gasteiger partial charge is 0.481 e. The van der Waals surface area contributed by atoms with Crippen molar-refractivity contribution in [1.82, 2.24) is 0 Å². The number of hydrogen-bond acceptors (Lipinski definition) is 2. The van der Waals surface area contributed by atoms with Crippen LogP contribution >= 0.6 is 15.9 Å². The Morgan fingerprint density at radius 2 is 1.89 bits per heavy atom. The molecule has 0 bridgehead atoms. The van der Waals surface area contributed by atoms with E-state index >= 15 is 0 Å². The van der Waals surface area contributed by atoms with Crippen LogP contribution in [0.3, 0.4) is 0 Å². The van der Waals surface area contributed by atoms with Gasteiger partial charge in [0.05, 0.1) is 5.41 Å². The van der Waals surface area contributed by atoms with Crippen molar-refractivity contribution in [3.05, 3.63) is 34.3 Å². The monoisotopic (exact) mass is 310 g/mol. The normalized spacial score (nSPS) is 18.1. The molecule has 0 spiro atoms. The second kappa shape index (κ2) is 4.84. The van der Waals surface area contributed by atoms with E-state index in [0.29, 0.717) is 5.56 Å². The maximum Gasteiger partial charge on any atom is 0.310 e. The molecule has 1 aliphatic rings. The highest BCUT2D eigenvalue weighted by Crippen LogP contribution is 2.48. The Morgan fingerprint density at radius 3 is 2.33 bits per heavy atom. The number of halogens is 1. The molecule has 0 saturated heterocycles. The van der Waals surface area contributed by atoms with Crippen LogP contribution in [0.15, 0.2) is 28.7 Å². The van der Waals surface area contributed by atoms with E-state index in [0.717, 1.165) is 17.3 Å². The van der Waals surface area contributed by atoms with Gasteiger partial charge in [-0.25, -0.2) is 0 Å². The zero-order valence-electron chi connectivity index (χ0n) is 10.1. The summed E-state index contributed by atoms with van der Waals surface area (Å²) < 4.78 is 0.905. The first-order chi connectivity index (χ1) is 8.43. The summed E-state index contributed by atoms with van der Waals surface area (Å²) in [4.78, 5) is 23.5. The van der Waals surface area contributed by atoms with Gasteiger partial charge in [-0.2, -0.15) is 0 Å². The van der Waals surface area contributed by atoms with Crippen molar-refractivity contribution in [2.45, 2.75) is 26.2 Å². The third kappa shape index (κ3) is 2.64. The Labute approximate surface area is 114 Å². The number of rotatable bonds is 5. The van der Waals surface area contributed by atoms with Crippen molar-refractivity contribution in [2.75, 3.05) is 0 Å². The van der Waals surface area contributed by atoms with Gasteiger partial charge in [-0.1, -0.05) is 28.1 Å². The molecule has 2 rings (SSSR count). The Morgan fingerprint density at radius 1 is 1.33 bits per heavy atom. The van der Waals surface area contributed by atoms with E-state index in [-0.39, 0.29) is 18.1 Å². The quantitative estimate of drug-likeness (QED) is 0.847. The number of carboxylic acids is 1. The van der Waals surface area contributed by atoms with Gasteiger partial charge < -0.3 is 5.11 Å². The van der Waals surface area contributed by atoms with Gasteiger partial charge in [0.1, 0.15) is 0 Å². The molecule has 1 aromatic carbocycles. The smallest absolute Gasteiger partial charge is 0.310 e. The summed E-state index contributed by atoms with van der Waals surface area (Å²) >= 11 is 3.31. The average molecular weight is 311 g/mol. The summed E-state index contributed by atoms with van der Waals surface area (Å²) in [5, 5.41) is 9.32. The highest BCUT2D eigenvalue weighted by Gasteiger charge is 2.48. The topological polar surface area (TPSA) is 54.4 Å². The maximum absolute atomic E-state index is 12.1. The molecule has 4 heteroatoms. The number of benzene rings is 1. The van der Waals surface area contributed by atoms with Crippen LogP contribution < -0.4 is 0 Å². The summed E-state index contributed by atoms with van der Waals surface area (Å²) in [6.45, 7) is 1.68. The van der Waals surface area contributed by atoms with Crippen LogP contribution in [-0.2, 0) is 4.79 Å². The highest BCUT2D eigenvalue weighted by molar-refractivity contribution is 9.10. The number of Topliss-reactive ketones (excluding diaryl/α,β-unsaturated/α-hetero) is 1. The molecular weight excluding hydrogens is 296 g/mol. The van der Waals surface area contributed by atoms with E-state index in [2.05, 4.69) is 15.9 Å². The predicted octanol–water partition coefficient (Wildman–Crippen LogP) is 3.52. The van der Waals surface area contributed by atoms with E-state index < -0.39 is 11.4 Å². The minimum Gasteiger partial charge on any atom is -0.481 e. The first-order valence-electron chi connectivity index (χ1n) is 5.95. The molecule has 0 aromatic heterocycles. The molecule has 1 aromatic rings. The molecule has 0 heterocycles. The third-order valence-corrected chi connectivity index (χ3v) is 4.19. The Hall–Kier alpha value is -1.16. The predicted molar refractivity (Wildman–Crippen MR) is 71.6 cm³/mol. The van der Waals surface area contributed by atoms with Crippen LogP contribution in [0.5, 0.6) is 0 Å². The lowest BCUT2D eigenvalue weighted by Gasteiger charge is -2.23. The zero-order chi connectivity index (χ0) is 13.3. The molecule has 1 atom stereocenters.